The molecule has 1 aliphatic heterocycles. The van der Waals surface area contributed by atoms with Gasteiger partial charge >= 0.3 is 12.1 Å². The molecule has 0 saturated carbocycles. The van der Waals surface area contributed by atoms with Crippen LogP contribution in [0.15, 0.2) is 48.5 Å². The van der Waals surface area contributed by atoms with Crippen molar-refractivity contribution in [3.05, 3.63) is 59.7 Å². The minimum absolute atomic E-state index is 0.0533. The first-order chi connectivity index (χ1) is 12.2. The summed E-state index contributed by atoms with van der Waals surface area (Å²) >= 11 is 0. The number of nitrogens with zero attached hydrogens (tertiary/aromatic N) is 1. The van der Waals surface area contributed by atoms with Gasteiger partial charge in [-0.2, -0.15) is 13.2 Å². The molecule has 2 aromatic carbocycles. The van der Waals surface area contributed by atoms with E-state index >= 15 is 0 Å². The van der Waals surface area contributed by atoms with Crippen molar-refractivity contribution < 1.29 is 32.2 Å². The topological polar surface area (TPSA) is 49.8 Å². The number of carboxylic acids is 1. The highest BCUT2D eigenvalue weighted by atomic mass is 19.4. The first-order valence-electron chi connectivity index (χ1n) is 7.80. The zero-order valence-electron chi connectivity index (χ0n) is 13.4. The molecule has 1 heterocycles. The largest absolute Gasteiger partial charge is 0.485 e. The van der Waals surface area contributed by atoms with Crippen LogP contribution in [0.5, 0.6) is 5.75 Å². The van der Waals surface area contributed by atoms with E-state index in [0.717, 1.165) is 12.1 Å². The maximum Gasteiger partial charge on any atom is 0.416 e. The highest BCUT2D eigenvalue weighted by molar-refractivity contribution is 5.88. The number of alkyl halides is 4. The van der Waals surface area contributed by atoms with E-state index < -0.39 is 30.0 Å². The molecule has 26 heavy (non-hydrogen) atoms. The van der Waals surface area contributed by atoms with E-state index in [1.165, 1.54) is 24.3 Å². The summed E-state index contributed by atoms with van der Waals surface area (Å²) in [6.45, 7) is 0.256. The Kier molecular flexibility index (Phi) is 4.76. The Bertz CT molecular complexity index is 775. The average Bonchev–Trinajstić information content (AvgIpc) is 2.95. The summed E-state index contributed by atoms with van der Waals surface area (Å²) in [5.41, 5.74) is -0.0216. The number of hydrogen-bond donors (Lipinski definition) is 1. The van der Waals surface area contributed by atoms with Crippen LogP contribution in [0, 0.1) is 0 Å². The zero-order chi connectivity index (χ0) is 18.9. The van der Waals surface area contributed by atoms with Gasteiger partial charge in [0.15, 0.2) is 6.17 Å². The molecule has 1 saturated heterocycles. The van der Waals surface area contributed by atoms with Gasteiger partial charge in [0.05, 0.1) is 24.2 Å². The fourth-order valence-corrected chi connectivity index (χ4v) is 2.77. The van der Waals surface area contributed by atoms with Crippen LogP contribution in [0.1, 0.15) is 15.9 Å². The van der Waals surface area contributed by atoms with Crippen LogP contribution in [0.2, 0.25) is 0 Å². The maximum atomic E-state index is 14.2. The number of carboxylic acid groups (broad SMARTS) is 1. The fourth-order valence-electron chi connectivity index (χ4n) is 2.77. The van der Waals surface area contributed by atoms with Crippen LogP contribution in [-0.2, 0) is 6.18 Å². The van der Waals surface area contributed by atoms with Crippen molar-refractivity contribution in [2.75, 3.05) is 18.0 Å². The van der Waals surface area contributed by atoms with Crippen LogP contribution in [0.3, 0.4) is 0 Å². The van der Waals surface area contributed by atoms with Gasteiger partial charge in [-0.25, -0.2) is 9.18 Å². The Balaban J connectivity index is 1.66. The second-order valence-electron chi connectivity index (χ2n) is 5.95. The summed E-state index contributed by atoms with van der Waals surface area (Å²) in [5, 5.41) is 8.90. The second-order valence-corrected chi connectivity index (χ2v) is 5.95. The Hall–Kier alpha value is -2.77. The highest BCUT2D eigenvalue weighted by Crippen LogP contribution is 2.31. The molecule has 1 fully saturated rings. The normalized spacial score (nSPS) is 20.2. The smallest absolute Gasteiger partial charge is 0.416 e. The standard InChI is InChI=1S/C18H15F4NO3/c19-15-9-23(13-5-1-11(2-6-13)17(24)25)10-16(15)26-14-7-3-12(4-8-14)18(20,21)22/h1-8,15-16H,9-10H2,(H,24,25)/t15-,16-/m0/s1. The molecule has 8 heteroatoms. The number of anilines is 1. The molecular weight excluding hydrogens is 354 g/mol. The van der Waals surface area contributed by atoms with E-state index in [2.05, 4.69) is 0 Å². The van der Waals surface area contributed by atoms with Crippen molar-refractivity contribution in [1.29, 1.82) is 0 Å². The van der Waals surface area contributed by atoms with E-state index in [9.17, 15) is 22.4 Å². The molecule has 1 aliphatic rings. The monoisotopic (exact) mass is 369 g/mol. The quantitative estimate of drug-likeness (QED) is 0.828. The minimum atomic E-state index is -4.44. The molecule has 0 amide bonds. The summed E-state index contributed by atoms with van der Waals surface area (Å²) in [7, 11) is 0. The summed E-state index contributed by atoms with van der Waals surface area (Å²) in [4.78, 5) is 12.6. The number of ether oxygens (including phenoxy) is 1. The predicted molar refractivity (Wildman–Crippen MR) is 86.4 cm³/mol. The SMILES string of the molecule is O=C(O)c1ccc(N2C[C@H](Oc3ccc(C(F)(F)F)cc3)[C@@H](F)C2)cc1. The number of rotatable bonds is 4. The van der Waals surface area contributed by atoms with Gasteiger partial charge < -0.3 is 14.7 Å². The van der Waals surface area contributed by atoms with E-state index in [1.54, 1.807) is 17.0 Å². The van der Waals surface area contributed by atoms with Crippen molar-refractivity contribution >= 4 is 11.7 Å². The van der Waals surface area contributed by atoms with E-state index in [0.29, 0.717) is 5.69 Å². The van der Waals surface area contributed by atoms with E-state index in [4.69, 9.17) is 9.84 Å². The lowest BCUT2D eigenvalue weighted by molar-refractivity contribution is -0.137. The third-order valence-electron chi connectivity index (χ3n) is 4.15. The third-order valence-corrected chi connectivity index (χ3v) is 4.15. The van der Waals surface area contributed by atoms with Crippen molar-refractivity contribution in [2.24, 2.45) is 0 Å². The minimum Gasteiger partial charge on any atom is -0.485 e. The molecule has 0 spiro atoms. The molecule has 3 rings (SSSR count). The summed E-state index contributed by atoms with van der Waals surface area (Å²) in [6, 6.07) is 10.1. The van der Waals surface area contributed by atoms with Crippen LogP contribution in [-0.4, -0.2) is 36.4 Å². The molecular formula is C18H15F4NO3. The zero-order valence-corrected chi connectivity index (χ0v) is 13.4. The lowest BCUT2D eigenvalue weighted by Crippen LogP contribution is -2.27. The lowest BCUT2D eigenvalue weighted by Gasteiger charge is -2.19. The number of halogens is 4. The number of benzene rings is 2. The molecule has 0 aromatic heterocycles. The molecule has 138 valence electrons. The molecule has 0 bridgehead atoms. The van der Waals surface area contributed by atoms with Crippen molar-refractivity contribution in [1.82, 2.24) is 0 Å². The second kappa shape index (κ2) is 6.86. The van der Waals surface area contributed by atoms with Gasteiger partial charge in [-0.3, -0.25) is 0 Å². The van der Waals surface area contributed by atoms with Gasteiger partial charge in [0.1, 0.15) is 11.9 Å². The van der Waals surface area contributed by atoms with Crippen LogP contribution >= 0.6 is 0 Å². The molecule has 1 N–H and O–H groups in total. The number of aromatic carboxylic acids is 1. The Labute approximate surface area is 146 Å². The van der Waals surface area contributed by atoms with Gasteiger partial charge in [-0.1, -0.05) is 0 Å². The Morgan fingerprint density at radius 2 is 1.65 bits per heavy atom. The van der Waals surface area contributed by atoms with Gasteiger partial charge in [0.25, 0.3) is 0 Å². The van der Waals surface area contributed by atoms with Gasteiger partial charge in [0.2, 0.25) is 0 Å². The first kappa shape index (κ1) is 18.0. The molecule has 0 radical (unpaired) electrons. The van der Waals surface area contributed by atoms with Crippen LogP contribution in [0.4, 0.5) is 23.2 Å². The average molecular weight is 369 g/mol. The van der Waals surface area contributed by atoms with Crippen molar-refractivity contribution in [3.8, 4) is 5.75 Å². The van der Waals surface area contributed by atoms with Gasteiger partial charge in [-0.15, -0.1) is 0 Å². The van der Waals surface area contributed by atoms with E-state index in [-0.39, 0.29) is 24.4 Å². The highest BCUT2D eigenvalue weighted by Gasteiger charge is 2.35. The van der Waals surface area contributed by atoms with Crippen molar-refractivity contribution in [3.63, 3.8) is 0 Å². The summed E-state index contributed by atoms with van der Waals surface area (Å²) < 4.78 is 57.4. The summed E-state index contributed by atoms with van der Waals surface area (Å²) in [6.07, 6.45) is -6.59. The molecule has 4 nitrogen and oxygen atoms in total. The third kappa shape index (κ3) is 3.89. The summed E-state index contributed by atoms with van der Waals surface area (Å²) in [5.74, 6) is -0.890. The van der Waals surface area contributed by atoms with Gasteiger partial charge in [-0.05, 0) is 48.5 Å². The van der Waals surface area contributed by atoms with Gasteiger partial charge in [0, 0.05) is 5.69 Å². The van der Waals surface area contributed by atoms with E-state index in [1.807, 2.05) is 0 Å². The predicted octanol–water partition coefficient (Wildman–Crippen LogP) is 4.01. The molecule has 0 aliphatic carbocycles. The molecule has 2 aromatic rings. The van der Waals surface area contributed by atoms with Crippen LogP contribution in [0.25, 0.3) is 0 Å². The number of hydrogen-bond acceptors (Lipinski definition) is 3. The molecule has 0 unspecified atom stereocenters. The fraction of sp³-hybridized carbons (Fsp3) is 0.278. The maximum absolute atomic E-state index is 14.2. The lowest BCUT2D eigenvalue weighted by atomic mass is 10.2. The Morgan fingerprint density at radius 3 is 2.19 bits per heavy atom. The molecule has 2 atom stereocenters. The van der Waals surface area contributed by atoms with Crippen molar-refractivity contribution in [2.45, 2.75) is 18.5 Å². The Morgan fingerprint density at radius 1 is 1.04 bits per heavy atom. The van der Waals surface area contributed by atoms with Crippen LogP contribution < -0.4 is 9.64 Å². The number of carbonyl (C=O) groups is 1. The first-order valence-corrected chi connectivity index (χ1v) is 7.80.